The molecule has 1 fully saturated rings. The quantitative estimate of drug-likeness (QED) is 0.796. The van der Waals surface area contributed by atoms with Crippen LogP contribution in [0.25, 0.3) is 0 Å². The van der Waals surface area contributed by atoms with Crippen molar-refractivity contribution < 1.29 is 9.47 Å². The van der Waals surface area contributed by atoms with Crippen LogP contribution in [0.1, 0.15) is 19.3 Å². The Kier molecular flexibility index (Phi) is 4.40. The number of nitrogens with zero attached hydrogens (tertiary/aromatic N) is 2. The van der Waals surface area contributed by atoms with Crippen molar-refractivity contribution in [2.45, 2.75) is 32.1 Å². The van der Waals surface area contributed by atoms with Gasteiger partial charge in [0.2, 0.25) is 0 Å². The molecule has 84 valence electrons. The fraction of sp³-hybridized carbons (Fsp3) is 0.700. The van der Waals surface area contributed by atoms with Gasteiger partial charge in [-0.05, 0) is 41.9 Å². The lowest BCUT2D eigenvalue weighted by Gasteiger charge is -2.22. The van der Waals surface area contributed by atoms with E-state index in [0.717, 1.165) is 29.6 Å². The topological polar surface area (TPSA) is 36.3 Å². The zero-order valence-corrected chi connectivity index (χ0v) is 10.7. The number of hydrogen-bond acceptors (Lipinski definition) is 3. The second kappa shape index (κ2) is 5.81. The zero-order chi connectivity index (χ0) is 10.5. The average Bonchev–Trinajstić information content (AvgIpc) is 2.66. The lowest BCUT2D eigenvalue weighted by molar-refractivity contribution is -0.163. The normalized spacial score (nSPS) is 21.8. The smallest absolute Gasteiger partial charge is 0.157 e. The van der Waals surface area contributed by atoms with Gasteiger partial charge in [-0.2, -0.15) is 5.10 Å². The summed E-state index contributed by atoms with van der Waals surface area (Å²) >= 11 is 2.25. The van der Waals surface area contributed by atoms with E-state index in [9.17, 15) is 0 Å². The van der Waals surface area contributed by atoms with Crippen LogP contribution in [-0.4, -0.2) is 29.3 Å². The number of ether oxygens (including phenoxy) is 2. The van der Waals surface area contributed by atoms with Gasteiger partial charge in [0.25, 0.3) is 0 Å². The predicted molar refractivity (Wildman–Crippen MR) is 64.5 cm³/mol. The lowest BCUT2D eigenvalue weighted by Crippen LogP contribution is -2.24. The molecule has 0 spiro atoms. The van der Waals surface area contributed by atoms with E-state index in [-0.39, 0.29) is 6.29 Å². The Morgan fingerprint density at radius 1 is 1.60 bits per heavy atom. The van der Waals surface area contributed by atoms with Gasteiger partial charge in [0, 0.05) is 12.8 Å². The van der Waals surface area contributed by atoms with Gasteiger partial charge in [-0.3, -0.25) is 4.68 Å². The summed E-state index contributed by atoms with van der Waals surface area (Å²) < 4.78 is 14.1. The molecule has 0 amide bonds. The molecule has 0 aromatic carbocycles. The van der Waals surface area contributed by atoms with Gasteiger partial charge in [0.05, 0.1) is 22.9 Å². The molecule has 0 unspecified atom stereocenters. The van der Waals surface area contributed by atoms with Crippen LogP contribution in [0.3, 0.4) is 0 Å². The molecule has 1 aliphatic rings. The minimum atomic E-state index is 0.00776. The van der Waals surface area contributed by atoms with Gasteiger partial charge in [-0.15, -0.1) is 0 Å². The maximum absolute atomic E-state index is 5.61. The highest BCUT2D eigenvalue weighted by molar-refractivity contribution is 14.1. The summed E-state index contributed by atoms with van der Waals surface area (Å²) in [5, 5.41) is 4.19. The third-order valence-corrected chi connectivity index (χ3v) is 2.92. The molecular formula is C10H15IN2O2. The van der Waals surface area contributed by atoms with E-state index < -0.39 is 0 Å². The second-order valence-corrected chi connectivity index (χ2v) is 4.83. The van der Waals surface area contributed by atoms with Crippen LogP contribution in [0.5, 0.6) is 0 Å². The van der Waals surface area contributed by atoms with Crippen LogP contribution < -0.4 is 0 Å². The molecule has 0 N–H and O–H groups in total. The standard InChI is InChI=1S/C10H15IN2O2/c11-9-7-12-13(8-9)4-6-15-10-3-1-2-5-14-10/h7-8,10H,1-6H2/t10-/m1/s1. The highest BCUT2D eigenvalue weighted by atomic mass is 127. The Labute approximate surface area is 103 Å². The van der Waals surface area contributed by atoms with Crippen molar-refractivity contribution >= 4 is 22.6 Å². The maximum Gasteiger partial charge on any atom is 0.157 e. The Morgan fingerprint density at radius 2 is 2.53 bits per heavy atom. The van der Waals surface area contributed by atoms with Crippen LogP contribution in [-0.2, 0) is 16.0 Å². The van der Waals surface area contributed by atoms with Crippen molar-refractivity contribution in [1.29, 1.82) is 0 Å². The summed E-state index contributed by atoms with van der Waals surface area (Å²) in [7, 11) is 0. The third kappa shape index (κ3) is 3.73. The van der Waals surface area contributed by atoms with Gasteiger partial charge in [0.1, 0.15) is 0 Å². The van der Waals surface area contributed by atoms with Gasteiger partial charge < -0.3 is 9.47 Å². The second-order valence-electron chi connectivity index (χ2n) is 3.59. The summed E-state index contributed by atoms with van der Waals surface area (Å²) in [4.78, 5) is 0. The largest absolute Gasteiger partial charge is 0.353 e. The van der Waals surface area contributed by atoms with Crippen molar-refractivity contribution in [3.63, 3.8) is 0 Å². The van der Waals surface area contributed by atoms with Crippen LogP contribution in [0.4, 0.5) is 0 Å². The summed E-state index contributed by atoms with van der Waals surface area (Å²) in [6.45, 7) is 2.30. The molecule has 0 aliphatic carbocycles. The molecule has 0 saturated carbocycles. The summed E-state index contributed by atoms with van der Waals surface area (Å²) in [5.41, 5.74) is 0. The molecule has 0 radical (unpaired) electrons. The number of halogens is 1. The van der Waals surface area contributed by atoms with Crippen LogP contribution in [0.2, 0.25) is 0 Å². The summed E-state index contributed by atoms with van der Waals surface area (Å²) in [5.74, 6) is 0. The predicted octanol–water partition coefficient (Wildman–Crippen LogP) is 2.03. The SMILES string of the molecule is Ic1cnn(CCO[C@@H]2CCCCO2)c1. The van der Waals surface area contributed by atoms with E-state index in [2.05, 4.69) is 27.7 Å². The first kappa shape index (κ1) is 11.3. The first-order valence-electron chi connectivity index (χ1n) is 5.26. The molecule has 1 aromatic rings. The van der Waals surface area contributed by atoms with Gasteiger partial charge >= 0.3 is 0 Å². The fourth-order valence-corrected chi connectivity index (χ4v) is 2.03. The molecule has 1 saturated heterocycles. The maximum atomic E-state index is 5.61. The molecule has 4 nitrogen and oxygen atoms in total. The van der Waals surface area contributed by atoms with E-state index in [4.69, 9.17) is 9.47 Å². The molecule has 15 heavy (non-hydrogen) atoms. The molecule has 5 heteroatoms. The molecular weight excluding hydrogens is 307 g/mol. The minimum absolute atomic E-state index is 0.00776. The summed E-state index contributed by atoms with van der Waals surface area (Å²) in [6, 6.07) is 0. The minimum Gasteiger partial charge on any atom is -0.353 e. The number of hydrogen-bond donors (Lipinski definition) is 0. The highest BCUT2D eigenvalue weighted by Gasteiger charge is 2.13. The molecule has 2 rings (SSSR count). The average molecular weight is 322 g/mol. The lowest BCUT2D eigenvalue weighted by atomic mass is 10.2. The van der Waals surface area contributed by atoms with E-state index in [1.54, 1.807) is 0 Å². The zero-order valence-electron chi connectivity index (χ0n) is 8.56. The third-order valence-electron chi connectivity index (χ3n) is 2.36. The monoisotopic (exact) mass is 322 g/mol. The van der Waals surface area contributed by atoms with Gasteiger partial charge in [-0.25, -0.2) is 0 Å². The Morgan fingerprint density at radius 3 is 3.20 bits per heavy atom. The molecule has 1 aromatic heterocycles. The van der Waals surface area contributed by atoms with E-state index in [1.807, 2.05) is 17.1 Å². The first-order valence-corrected chi connectivity index (χ1v) is 6.33. The van der Waals surface area contributed by atoms with Crippen LogP contribution in [0, 0.1) is 3.57 Å². The van der Waals surface area contributed by atoms with Crippen LogP contribution >= 0.6 is 22.6 Å². The fourth-order valence-electron chi connectivity index (χ4n) is 1.58. The van der Waals surface area contributed by atoms with Crippen LogP contribution in [0.15, 0.2) is 12.4 Å². The van der Waals surface area contributed by atoms with Gasteiger partial charge in [-0.1, -0.05) is 0 Å². The molecule has 0 bridgehead atoms. The van der Waals surface area contributed by atoms with Crippen molar-refractivity contribution in [3.8, 4) is 0 Å². The Hall–Kier alpha value is -0.140. The van der Waals surface area contributed by atoms with E-state index in [0.29, 0.717) is 6.61 Å². The number of rotatable bonds is 4. The van der Waals surface area contributed by atoms with Crippen molar-refractivity contribution in [1.82, 2.24) is 9.78 Å². The van der Waals surface area contributed by atoms with E-state index in [1.165, 1.54) is 6.42 Å². The number of aromatic nitrogens is 2. The highest BCUT2D eigenvalue weighted by Crippen LogP contribution is 2.13. The van der Waals surface area contributed by atoms with Crippen molar-refractivity contribution in [2.24, 2.45) is 0 Å². The molecule has 1 atom stereocenters. The molecule has 1 aliphatic heterocycles. The van der Waals surface area contributed by atoms with E-state index >= 15 is 0 Å². The summed E-state index contributed by atoms with van der Waals surface area (Å²) in [6.07, 6.45) is 7.26. The van der Waals surface area contributed by atoms with Gasteiger partial charge in [0.15, 0.2) is 6.29 Å². The molecule has 2 heterocycles. The Balaban J connectivity index is 1.65. The van der Waals surface area contributed by atoms with Crippen molar-refractivity contribution in [3.05, 3.63) is 16.0 Å². The van der Waals surface area contributed by atoms with Crippen molar-refractivity contribution in [2.75, 3.05) is 13.2 Å². The first-order chi connectivity index (χ1) is 7.34. The Bertz CT molecular complexity index is 297.